The molecule has 1 N–H and O–H groups in total. The number of rotatable bonds is 6. The zero-order valence-electron chi connectivity index (χ0n) is 17.9. The van der Waals surface area contributed by atoms with Crippen LogP contribution in [0.25, 0.3) is 33.0 Å². The molecule has 3 aromatic carbocycles. The molecule has 0 bridgehead atoms. The first-order valence-electron chi connectivity index (χ1n) is 10.7. The first kappa shape index (κ1) is 20.5. The maximum atomic E-state index is 13.6. The highest BCUT2D eigenvalue weighted by molar-refractivity contribution is 6.10. The Labute approximate surface area is 189 Å². The molecule has 0 radical (unpaired) electrons. The van der Waals surface area contributed by atoms with Gasteiger partial charge in [-0.25, -0.2) is 0 Å². The van der Waals surface area contributed by atoms with Crippen molar-refractivity contribution in [3.05, 3.63) is 105 Å². The Bertz CT molecular complexity index is 1550. The van der Waals surface area contributed by atoms with Gasteiger partial charge in [0.25, 0.3) is 11.2 Å². The maximum absolute atomic E-state index is 13.6. The monoisotopic (exact) mass is 439 g/mol. The largest absolute Gasteiger partial charge is 0.439 e. The molecule has 0 amide bonds. The average Bonchev–Trinajstić information content (AvgIpc) is 3.24. The van der Waals surface area contributed by atoms with Crippen LogP contribution in [-0.2, 0) is 13.1 Å². The molecule has 164 valence electrons. The molecule has 0 spiro atoms. The molecular formula is C26H21N3O4. The van der Waals surface area contributed by atoms with E-state index in [1.165, 1.54) is 12.1 Å². The Kier molecular flexibility index (Phi) is 5.14. The molecule has 2 heterocycles. The van der Waals surface area contributed by atoms with Gasteiger partial charge >= 0.3 is 0 Å². The van der Waals surface area contributed by atoms with Crippen LogP contribution >= 0.6 is 0 Å². The third-order valence-electron chi connectivity index (χ3n) is 5.76. The van der Waals surface area contributed by atoms with E-state index in [4.69, 9.17) is 4.42 Å². The van der Waals surface area contributed by atoms with Gasteiger partial charge in [-0.15, -0.1) is 0 Å². The quantitative estimate of drug-likeness (QED) is 0.261. The summed E-state index contributed by atoms with van der Waals surface area (Å²) in [6, 6.07) is 23.7. The number of benzene rings is 3. The molecule has 5 aromatic rings. The molecule has 2 aromatic heterocycles. The van der Waals surface area contributed by atoms with Gasteiger partial charge in [0.15, 0.2) is 5.58 Å². The topological polar surface area (TPSA) is 90.3 Å². The number of anilines is 1. The minimum atomic E-state index is -0.442. The van der Waals surface area contributed by atoms with Gasteiger partial charge in [-0.2, -0.15) is 0 Å². The lowest BCUT2D eigenvalue weighted by molar-refractivity contribution is -0.384. The Morgan fingerprint density at radius 1 is 1.00 bits per heavy atom. The summed E-state index contributed by atoms with van der Waals surface area (Å²) in [6.45, 7) is 2.88. The van der Waals surface area contributed by atoms with E-state index in [9.17, 15) is 14.9 Å². The van der Waals surface area contributed by atoms with Gasteiger partial charge in [0.1, 0.15) is 0 Å². The van der Waals surface area contributed by atoms with E-state index in [1.54, 1.807) is 16.7 Å². The average molecular weight is 439 g/mol. The zero-order valence-corrected chi connectivity index (χ0v) is 17.9. The number of pyridine rings is 1. The maximum Gasteiger partial charge on any atom is 0.270 e. The summed E-state index contributed by atoms with van der Waals surface area (Å²) in [6.07, 6.45) is 0. The van der Waals surface area contributed by atoms with E-state index in [0.717, 1.165) is 16.5 Å². The minimum absolute atomic E-state index is 0.0486. The van der Waals surface area contributed by atoms with Gasteiger partial charge in [-0.3, -0.25) is 14.9 Å². The zero-order chi connectivity index (χ0) is 22.9. The SMILES string of the molecule is CCn1c(=O)c2c(-c3cccc([N+](=O)[O-])c3)c(NCc3ccccc3)oc2c2ccccc21. The molecule has 5 rings (SSSR count). The molecule has 0 aliphatic heterocycles. The molecule has 33 heavy (non-hydrogen) atoms. The van der Waals surface area contributed by atoms with Crippen LogP contribution in [0, 0.1) is 10.1 Å². The Morgan fingerprint density at radius 2 is 1.76 bits per heavy atom. The van der Waals surface area contributed by atoms with E-state index in [0.29, 0.717) is 41.1 Å². The summed E-state index contributed by atoms with van der Waals surface area (Å²) >= 11 is 0. The summed E-state index contributed by atoms with van der Waals surface area (Å²) < 4.78 is 7.98. The number of nitrogens with zero attached hydrogens (tertiary/aromatic N) is 2. The van der Waals surface area contributed by atoms with Crippen LogP contribution < -0.4 is 10.9 Å². The number of fused-ring (bicyclic) bond motifs is 3. The van der Waals surface area contributed by atoms with Crippen LogP contribution in [0.2, 0.25) is 0 Å². The molecule has 0 saturated carbocycles. The van der Waals surface area contributed by atoms with E-state index >= 15 is 0 Å². The molecule has 0 saturated heterocycles. The lowest BCUT2D eigenvalue weighted by atomic mass is 10.0. The van der Waals surface area contributed by atoms with E-state index in [-0.39, 0.29) is 11.2 Å². The summed E-state index contributed by atoms with van der Waals surface area (Å²) in [4.78, 5) is 24.6. The number of nitro benzene ring substituents is 1. The summed E-state index contributed by atoms with van der Waals surface area (Å²) in [5.74, 6) is 0.408. The number of para-hydroxylation sites is 1. The molecule has 7 nitrogen and oxygen atoms in total. The standard InChI is InChI=1S/C26H21N3O4/c1-2-28-21-14-7-6-13-20(21)24-23(26(28)30)22(18-11-8-12-19(15-18)29(31)32)25(33-24)27-16-17-9-4-3-5-10-17/h3-15,27H,2,16H2,1H3. The van der Waals surface area contributed by atoms with Crippen molar-refractivity contribution < 1.29 is 9.34 Å². The van der Waals surface area contributed by atoms with Gasteiger partial charge in [0, 0.05) is 30.6 Å². The molecule has 7 heteroatoms. The normalized spacial score (nSPS) is 11.2. The number of furan rings is 1. The van der Waals surface area contributed by atoms with Gasteiger partial charge in [-0.05, 0) is 30.2 Å². The predicted molar refractivity (Wildman–Crippen MR) is 130 cm³/mol. The summed E-state index contributed by atoms with van der Waals surface area (Å²) in [5, 5.41) is 16.0. The predicted octanol–water partition coefficient (Wildman–Crippen LogP) is 5.95. The first-order chi connectivity index (χ1) is 16.1. The van der Waals surface area contributed by atoms with Crippen molar-refractivity contribution in [1.82, 2.24) is 4.57 Å². The second-order valence-electron chi connectivity index (χ2n) is 7.72. The smallest absolute Gasteiger partial charge is 0.270 e. The number of non-ortho nitro benzene ring substituents is 1. The van der Waals surface area contributed by atoms with E-state index in [2.05, 4.69) is 5.32 Å². The van der Waals surface area contributed by atoms with Gasteiger partial charge in [0.2, 0.25) is 5.88 Å². The molecule has 0 unspecified atom stereocenters. The Hall–Kier alpha value is -4.39. The van der Waals surface area contributed by atoms with Crippen LogP contribution in [0.3, 0.4) is 0 Å². The number of aryl methyl sites for hydroxylation is 1. The van der Waals surface area contributed by atoms with Crippen LogP contribution in [0.1, 0.15) is 12.5 Å². The highest BCUT2D eigenvalue weighted by atomic mass is 16.6. The van der Waals surface area contributed by atoms with Crippen molar-refractivity contribution in [1.29, 1.82) is 0 Å². The first-order valence-corrected chi connectivity index (χ1v) is 10.7. The van der Waals surface area contributed by atoms with E-state index in [1.807, 2.05) is 61.5 Å². The van der Waals surface area contributed by atoms with Crippen LogP contribution in [-0.4, -0.2) is 9.49 Å². The molecular weight excluding hydrogens is 418 g/mol. The highest BCUT2D eigenvalue weighted by Crippen LogP contribution is 2.40. The van der Waals surface area contributed by atoms with Crippen molar-refractivity contribution in [3.8, 4) is 11.1 Å². The number of hydrogen-bond donors (Lipinski definition) is 1. The fourth-order valence-corrected chi connectivity index (χ4v) is 4.24. The van der Waals surface area contributed by atoms with Crippen LogP contribution in [0.15, 0.2) is 88.1 Å². The fourth-order valence-electron chi connectivity index (χ4n) is 4.24. The second-order valence-corrected chi connectivity index (χ2v) is 7.72. The third kappa shape index (κ3) is 3.53. The van der Waals surface area contributed by atoms with Crippen molar-refractivity contribution in [2.45, 2.75) is 20.0 Å². The number of hydrogen-bond acceptors (Lipinski definition) is 5. The van der Waals surface area contributed by atoms with Crippen molar-refractivity contribution in [2.24, 2.45) is 0 Å². The van der Waals surface area contributed by atoms with Gasteiger partial charge in [-0.1, -0.05) is 54.6 Å². The Morgan fingerprint density at radius 3 is 2.52 bits per heavy atom. The molecule has 0 aliphatic carbocycles. The minimum Gasteiger partial charge on any atom is -0.439 e. The fraction of sp³-hybridized carbons (Fsp3) is 0.115. The van der Waals surface area contributed by atoms with Crippen molar-refractivity contribution >= 4 is 33.4 Å². The van der Waals surface area contributed by atoms with Gasteiger partial charge in [0.05, 0.1) is 21.4 Å². The van der Waals surface area contributed by atoms with Crippen molar-refractivity contribution in [2.75, 3.05) is 5.32 Å². The number of nitrogens with one attached hydrogen (secondary N) is 1. The summed E-state index contributed by atoms with van der Waals surface area (Å²) in [5.41, 5.74) is 3.13. The molecule has 0 aliphatic rings. The van der Waals surface area contributed by atoms with Crippen LogP contribution in [0.4, 0.5) is 11.6 Å². The van der Waals surface area contributed by atoms with Gasteiger partial charge < -0.3 is 14.3 Å². The second kappa shape index (κ2) is 8.27. The third-order valence-corrected chi connectivity index (χ3v) is 5.76. The lowest BCUT2D eigenvalue weighted by Crippen LogP contribution is -2.19. The highest BCUT2D eigenvalue weighted by Gasteiger charge is 2.24. The van der Waals surface area contributed by atoms with Crippen molar-refractivity contribution in [3.63, 3.8) is 0 Å². The van der Waals surface area contributed by atoms with E-state index < -0.39 is 4.92 Å². The molecule has 0 atom stereocenters. The lowest BCUT2D eigenvalue weighted by Gasteiger charge is -2.09. The Balaban J connectivity index is 1.81. The number of aromatic nitrogens is 1. The number of nitro groups is 1. The molecule has 0 fully saturated rings. The van der Waals surface area contributed by atoms with Crippen LogP contribution in [0.5, 0.6) is 0 Å². The summed E-state index contributed by atoms with van der Waals surface area (Å²) in [7, 11) is 0.